The van der Waals surface area contributed by atoms with E-state index in [1.165, 1.54) is 37.3 Å². The molecule has 1 aliphatic heterocycles. The van der Waals surface area contributed by atoms with Crippen molar-refractivity contribution in [2.75, 3.05) is 19.6 Å². The first-order valence-corrected chi connectivity index (χ1v) is 20.3. The molecule has 10 nitrogen and oxygen atoms in total. The third-order valence-corrected chi connectivity index (χ3v) is 14.1. The highest BCUT2D eigenvalue weighted by molar-refractivity contribution is 5.92. The number of pyridine rings is 1. The predicted molar refractivity (Wildman–Crippen MR) is 207 cm³/mol. The molecule has 4 N–H and O–H groups in total. The molecule has 288 valence electrons. The number of aromatic nitrogens is 3. The number of aliphatic hydroxyl groups is 1. The molecule has 55 heavy (non-hydrogen) atoms. The van der Waals surface area contributed by atoms with Crippen LogP contribution in [0, 0.1) is 23.6 Å². The van der Waals surface area contributed by atoms with Crippen molar-refractivity contribution in [3.8, 4) is 22.8 Å². The molecular formula is C44H52FN7O3. The highest BCUT2D eigenvalue weighted by Gasteiger charge is 2.64. The highest BCUT2D eigenvalue weighted by Crippen LogP contribution is 2.66. The van der Waals surface area contributed by atoms with Gasteiger partial charge in [-0.2, -0.15) is 5.10 Å². The number of halogens is 1. The summed E-state index contributed by atoms with van der Waals surface area (Å²) in [6.45, 7) is 5.34. The van der Waals surface area contributed by atoms with Crippen LogP contribution in [-0.2, 0) is 13.5 Å². The van der Waals surface area contributed by atoms with Crippen molar-refractivity contribution in [1.82, 2.24) is 35.6 Å². The van der Waals surface area contributed by atoms with Gasteiger partial charge in [-0.3, -0.25) is 19.7 Å². The van der Waals surface area contributed by atoms with Gasteiger partial charge in [0.05, 0.1) is 11.8 Å². The van der Waals surface area contributed by atoms with Crippen molar-refractivity contribution in [3.05, 3.63) is 95.2 Å². The number of piperazine rings is 1. The summed E-state index contributed by atoms with van der Waals surface area (Å²) in [5.74, 6) is 0.131. The van der Waals surface area contributed by atoms with Crippen LogP contribution in [0.1, 0.15) is 97.7 Å². The van der Waals surface area contributed by atoms with Crippen LogP contribution >= 0.6 is 0 Å². The van der Waals surface area contributed by atoms with Crippen LogP contribution < -0.4 is 20.7 Å². The van der Waals surface area contributed by atoms with E-state index in [1.807, 2.05) is 38.2 Å². The minimum atomic E-state index is -1.13. The topological polar surface area (TPSA) is 117 Å². The molecular weight excluding hydrogens is 694 g/mol. The Morgan fingerprint density at radius 1 is 0.945 bits per heavy atom. The number of hydrogen-bond donors (Lipinski definition) is 4. The van der Waals surface area contributed by atoms with Crippen LogP contribution in [0.15, 0.2) is 66.9 Å². The van der Waals surface area contributed by atoms with Crippen molar-refractivity contribution in [2.24, 2.45) is 17.9 Å². The van der Waals surface area contributed by atoms with Gasteiger partial charge >= 0.3 is 0 Å². The van der Waals surface area contributed by atoms with Gasteiger partial charge in [0.2, 0.25) is 5.88 Å². The van der Waals surface area contributed by atoms with E-state index in [1.54, 1.807) is 4.68 Å². The zero-order valence-electron chi connectivity index (χ0n) is 31.9. The number of benzene rings is 2. The maximum atomic E-state index is 14.6. The van der Waals surface area contributed by atoms with Crippen molar-refractivity contribution >= 4 is 5.91 Å². The lowest BCUT2D eigenvalue weighted by Crippen LogP contribution is -2.60. The molecule has 6 aliphatic rings. The van der Waals surface area contributed by atoms with Gasteiger partial charge in [0.15, 0.2) is 0 Å². The van der Waals surface area contributed by atoms with Gasteiger partial charge in [0.1, 0.15) is 23.5 Å². The van der Waals surface area contributed by atoms with Crippen molar-refractivity contribution in [2.45, 2.75) is 107 Å². The fraction of sp³-hybridized carbons (Fsp3) is 0.523. The first-order valence-electron chi connectivity index (χ1n) is 20.3. The van der Waals surface area contributed by atoms with Gasteiger partial charge in [-0.05, 0) is 129 Å². The summed E-state index contributed by atoms with van der Waals surface area (Å²) in [7, 11) is 1.85. The van der Waals surface area contributed by atoms with E-state index < -0.39 is 12.0 Å². The fourth-order valence-electron chi connectivity index (χ4n) is 10.0. The Kier molecular flexibility index (Phi) is 8.30. The number of aryl methyl sites for hydroxylation is 2. The lowest BCUT2D eigenvalue weighted by molar-refractivity contribution is 0.0929. The van der Waals surface area contributed by atoms with Gasteiger partial charge in [-0.25, -0.2) is 9.37 Å². The molecule has 10 rings (SSSR count). The summed E-state index contributed by atoms with van der Waals surface area (Å²) in [5.41, 5.74) is 6.19. The predicted octanol–water partition coefficient (Wildman–Crippen LogP) is 6.34. The zero-order valence-corrected chi connectivity index (χ0v) is 31.9. The minimum Gasteiger partial charge on any atom is -0.439 e. The maximum Gasteiger partial charge on any atom is 0.272 e. The number of nitrogens with zero attached hydrogens (tertiary/aromatic N) is 4. The van der Waals surface area contributed by atoms with Crippen LogP contribution in [0.3, 0.4) is 0 Å². The summed E-state index contributed by atoms with van der Waals surface area (Å²) in [5, 5.41) is 26.3. The Balaban J connectivity index is 0.754. The maximum absolute atomic E-state index is 14.6. The molecule has 2 aromatic heterocycles. The Labute approximate surface area is 322 Å². The lowest BCUT2D eigenvalue weighted by atomic mass is 9.76. The average molecular weight is 746 g/mol. The van der Waals surface area contributed by atoms with Crippen LogP contribution in [0.2, 0.25) is 0 Å². The standard InChI is InChI=1S/C44H52FN7O3/c1-28-19-35(49-51(28)2)39(54)48-37-24-42(37)12-10-41(11-13-42)23-36(41)47-38(53)34-22-32(45)25-46-40(34)55-33-8-4-7-31(21-33)30-6-3-5-29(20-30)9-18-52-26-43(14-15-43)50-44(27-52)16-17-44/h3-8,19-22,25,36-38,47,50,53H,9-18,23-24,26-27H2,1-2H3,(H,48,54). The summed E-state index contributed by atoms with van der Waals surface area (Å²) in [6.07, 6.45) is 12.4. The van der Waals surface area contributed by atoms with Crippen LogP contribution in [0.4, 0.5) is 4.39 Å². The molecule has 11 heteroatoms. The van der Waals surface area contributed by atoms with Crippen molar-refractivity contribution in [1.29, 1.82) is 0 Å². The second kappa shape index (κ2) is 12.9. The third kappa shape index (κ3) is 6.98. The van der Waals surface area contributed by atoms with E-state index in [9.17, 15) is 14.3 Å². The van der Waals surface area contributed by atoms with Crippen LogP contribution in [0.25, 0.3) is 11.1 Å². The number of carbonyl (C=O) groups is 1. The number of rotatable bonds is 11. The number of aliphatic hydroxyl groups excluding tert-OH is 1. The largest absolute Gasteiger partial charge is 0.439 e. The number of nitrogens with one attached hydrogen (secondary N) is 3. The highest BCUT2D eigenvalue weighted by atomic mass is 19.1. The SMILES string of the molecule is Cc1cc(C(=O)NC2CC23CCC2(CC3)CC2NC(O)c2cc(F)cnc2Oc2cccc(-c3cccc(CCN4CC5(CC5)NC5(CC5)C4)c3)c2)nn1C. The smallest absolute Gasteiger partial charge is 0.272 e. The van der Waals surface area contributed by atoms with Gasteiger partial charge in [0.25, 0.3) is 5.91 Å². The third-order valence-electron chi connectivity index (χ3n) is 14.1. The second-order valence-corrected chi connectivity index (χ2v) is 18.1. The second-order valence-electron chi connectivity index (χ2n) is 18.1. The van der Waals surface area contributed by atoms with Gasteiger partial charge in [-0.1, -0.05) is 36.4 Å². The minimum absolute atomic E-state index is 0.100. The van der Waals surface area contributed by atoms with Crippen LogP contribution in [0.5, 0.6) is 11.6 Å². The molecule has 3 atom stereocenters. The van der Waals surface area contributed by atoms with E-state index in [0.29, 0.717) is 22.5 Å². The molecule has 5 aliphatic carbocycles. The average Bonchev–Trinajstić information content (AvgIpc) is 4.13. The number of amides is 1. The van der Waals surface area contributed by atoms with E-state index in [2.05, 4.69) is 61.3 Å². The molecule has 5 saturated carbocycles. The summed E-state index contributed by atoms with van der Waals surface area (Å²) < 4.78 is 22.6. The van der Waals surface area contributed by atoms with Crippen molar-refractivity contribution in [3.63, 3.8) is 0 Å². The quantitative estimate of drug-likeness (QED) is 0.132. The molecule has 0 bridgehead atoms. The van der Waals surface area contributed by atoms with E-state index in [-0.39, 0.29) is 40.3 Å². The Hall–Kier alpha value is -4.16. The zero-order chi connectivity index (χ0) is 37.6. The summed E-state index contributed by atoms with van der Waals surface area (Å²) in [6, 6.07) is 20.1. The van der Waals surface area contributed by atoms with E-state index in [0.717, 1.165) is 87.6 Å². The van der Waals surface area contributed by atoms with Crippen molar-refractivity contribution < 1.29 is 19.0 Å². The molecule has 1 amide bonds. The Morgan fingerprint density at radius 3 is 2.31 bits per heavy atom. The van der Waals surface area contributed by atoms with E-state index >= 15 is 0 Å². The monoisotopic (exact) mass is 745 g/mol. The molecule has 4 spiro atoms. The van der Waals surface area contributed by atoms with Gasteiger partial charge < -0.3 is 20.5 Å². The molecule has 2 aromatic carbocycles. The molecule has 6 fully saturated rings. The molecule has 3 unspecified atom stereocenters. The first-order chi connectivity index (χ1) is 26.5. The first kappa shape index (κ1) is 35.3. The summed E-state index contributed by atoms with van der Waals surface area (Å²) in [4.78, 5) is 19.8. The van der Waals surface area contributed by atoms with Crippen LogP contribution in [-0.4, -0.2) is 73.5 Å². The number of hydrogen-bond acceptors (Lipinski definition) is 8. The van der Waals surface area contributed by atoms with Gasteiger partial charge in [-0.15, -0.1) is 0 Å². The Morgan fingerprint density at radius 2 is 1.62 bits per heavy atom. The molecule has 0 radical (unpaired) electrons. The normalized spacial score (nSPS) is 28.7. The van der Waals surface area contributed by atoms with Gasteiger partial charge in [0, 0.05) is 55.5 Å². The number of ether oxygens (including phenoxy) is 1. The van der Waals surface area contributed by atoms with E-state index in [4.69, 9.17) is 4.74 Å². The Bertz CT molecular complexity index is 2100. The fourth-order valence-corrected chi connectivity index (χ4v) is 10.0. The summed E-state index contributed by atoms with van der Waals surface area (Å²) >= 11 is 0. The molecule has 4 aromatic rings. The molecule has 1 saturated heterocycles. The molecule has 3 heterocycles. The number of carbonyl (C=O) groups excluding carboxylic acids is 1. The lowest BCUT2D eigenvalue weighted by Gasteiger charge is -2.40.